The van der Waals surface area contributed by atoms with Crippen molar-refractivity contribution in [3.8, 4) is 0 Å². The molecule has 14 heavy (non-hydrogen) atoms. The van der Waals surface area contributed by atoms with E-state index in [1.807, 2.05) is 20.8 Å². The molecule has 1 aromatic rings. The number of benzene rings is 1. The molecule has 0 heterocycles. The van der Waals surface area contributed by atoms with Crippen LogP contribution in [0.5, 0.6) is 0 Å². The molecule has 1 aromatic carbocycles. The highest BCUT2D eigenvalue weighted by Crippen LogP contribution is 2.23. The highest BCUT2D eigenvalue weighted by atomic mass is 16.1. The molecule has 0 saturated carbocycles. The molecule has 0 amide bonds. The van der Waals surface area contributed by atoms with Crippen LogP contribution in [0.15, 0.2) is 18.2 Å². The maximum atomic E-state index is 10.5. The average molecular weight is 188 g/mol. The van der Waals surface area contributed by atoms with Crippen LogP contribution in [0.25, 0.3) is 0 Å². The molecule has 0 bridgehead atoms. The summed E-state index contributed by atoms with van der Waals surface area (Å²) in [6, 6.07) is 4.97. The average Bonchev–Trinajstić information content (AvgIpc) is 2.15. The van der Waals surface area contributed by atoms with E-state index in [2.05, 4.69) is 0 Å². The Morgan fingerprint density at radius 1 is 0.929 bits per heavy atom. The minimum atomic E-state index is -0.0849. The van der Waals surface area contributed by atoms with Gasteiger partial charge in [-0.3, -0.25) is 9.59 Å². The van der Waals surface area contributed by atoms with Crippen molar-refractivity contribution >= 4 is 12.6 Å². The third kappa shape index (κ3) is 2.28. The standard InChI is InChI=1S/C12H12O2/c1-12(2,3)11-5-9(7-13)4-10(6-11)8-14/h4-6H,1-3H3. The van der Waals surface area contributed by atoms with Crippen molar-refractivity contribution in [2.75, 3.05) is 0 Å². The van der Waals surface area contributed by atoms with Crippen molar-refractivity contribution in [1.29, 1.82) is 0 Å². The Morgan fingerprint density at radius 2 is 1.36 bits per heavy atom. The molecule has 2 radical (unpaired) electrons. The van der Waals surface area contributed by atoms with Crippen LogP contribution in [-0.2, 0) is 15.0 Å². The van der Waals surface area contributed by atoms with Gasteiger partial charge in [0.05, 0.1) is 0 Å². The van der Waals surface area contributed by atoms with Crippen molar-refractivity contribution in [2.24, 2.45) is 0 Å². The molecule has 0 fully saturated rings. The molecule has 72 valence electrons. The van der Waals surface area contributed by atoms with E-state index < -0.39 is 0 Å². The summed E-state index contributed by atoms with van der Waals surface area (Å²) in [5.41, 5.74) is 1.65. The number of carbonyl (C=O) groups excluding carboxylic acids is 2. The molecule has 0 atom stereocenters. The van der Waals surface area contributed by atoms with Crippen LogP contribution >= 0.6 is 0 Å². The maximum Gasteiger partial charge on any atom is 0.233 e. The molecule has 2 nitrogen and oxygen atoms in total. The molecule has 0 N–H and O–H groups in total. The van der Waals surface area contributed by atoms with Crippen molar-refractivity contribution in [2.45, 2.75) is 26.2 Å². The van der Waals surface area contributed by atoms with Crippen molar-refractivity contribution in [1.82, 2.24) is 0 Å². The molecule has 0 spiro atoms. The van der Waals surface area contributed by atoms with E-state index in [4.69, 9.17) is 0 Å². The number of hydrogen-bond acceptors (Lipinski definition) is 2. The highest BCUT2D eigenvalue weighted by Gasteiger charge is 2.15. The van der Waals surface area contributed by atoms with E-state index in [0.717, 1.165) is 5.56 Å². The van der Waals surface area contributed by atoms with E-state index in [1.54, 1.807) is 24.7 Å². The SMILES string of the molecule is CC(C)(C)c1cc([C]=O)cc([C]=O)c1. The summed E-state index contributed by atoms with van der Waals surface area (Å²) in [5.74, 6) is 0. The summed E-state index contributed by atoms with van der Waals surface area (Å²) in [6.07, 6.45) is 3.57. The lowest BCUT2D eigenvalue weighted by molar-refractivity contribution is 0.560. The second-order valence-electron chi connectivity index (χ2n) is 4.25. The van der Waals surface area contributed by atoms with Gasteiger partial charge in [0.15, 0.2) is 0 Å². The molecule has 0 aliphatic rings. The van der Waals surface area contributed by atoms with Crippen LogP contribution in [0.2, 0.25) is 0 Å². The zero-order chi connectivity index (χ0) is 10.8. The molecule has 0 aliphatic heterocycles. The van der Waals surface area contributed by atoms with Crippen LogP contribution in [0.4, 0.5) is 0 Å². The summed E-state index contributed by atoms with van der Waals surface area (Å²) in [5, 5.41) is 0. The van der Waals surface area contributed by atoms with Gasteiger partial charge in [-0.15, -0.1) is 0 Å². The highest BCUT2D eigenvalue weighted by molar-refractivity contribution is 5.83. The van der Waals surface area contributed by atoms with Crippen LogP contribution in [0.3, 0.4) is 0 Å². The molecular formula is C12H12O2. The Bertz CT molecular complexity index is 333. The Labute approximate surface area is 83.9 Å². The Morgan fingerprint density at radius 3 is 1.64 bits per heavy atom. The summed E-state index contributed by atoms with van der Waals surface area (Å²) in [7, 11) is 0. The lowest BCUT2D eigenvalue weighted by Crippen LogP contribution is -2.12. The zero-order valence-electron chi connectivity index (χ0n) is 8.55. The first-order valence-corrected chi connectivity index (χ1v) is 4.39. The van der Waals surface area contributed by atoms with Crippen LogP contribution in [-0.4, -0.2) is 12.6 Å². The Hall–Kier alpha value is -1.44. The Kier molecular flexibility index (Phi) is 2.84. The van der Waals surface area contributed by atoms with E-state index >= 15 is 0 Å². The van der Waals surface area contributed by atoms with Crippen LogP contribution < -0.4 is 0 Å². The first-order valence-electron chi connectivity index (χ1n) is 4.39. The van der Waals surface area contributed by atoms with Crippen LogP contribution in [0, 0.1) is 0 Å². The lowest BCUT2D eigenvalue weighted by atomic mass is 9.85. The van der Waals surface area contributed by atoms with Crippen molar-refractivity contribution < 1.29 is 9.59 Å². The van der Waals surface area contributed by atoms with Crippen LogP contribution in [0.1, 0.15) is 37.5 Å². The van der Waals surface area contributed by atoms with Gasteiger partial charge in [0.25, 0.3) is 0 Å². The fourth-order valence-electron chi connectivity index (χ4n) is 1.18. The fraction of sp³-hybridized carbons (Fsp3) is 0.333. The Balaban J connectivity index is 3.31. The number of hydrogen-bond donors (Lipinski definition) is 0. The van der Waals surface area contributed by atoms with Gasteiger partial charge in [-0.1, -0.05) is 20.8 Å². The van der Waals surface area contributed by atoms with Gasteiger partial charge in [-0.05, 0) is 29.2 Å². The molecule has 0 saturated heterocycles. The zero-order valence-corrected chi connectivity index (χ0v) is 8.55. The largest absolute Gasteiger partial charge is 0.285 e. The van der Waals surface area contributed by atoms with Gasteiger partial charge in [-0.2, -0.15) is 0 Å². The van der Waals surface area contributed by atoms with E-state index in [-0.39, 0.29) is 5.41 Å². The molecule has 0 aromatic heterocycles. The monoisotopic (exact) mass is 188 g/mol. The second-order valence-corrected chi connectivity index (χ2v) is 4.25. The summed E-state index contributed by atoms with van der Waals surface area (Å²) >= 11 is 0. The maximum absolute atomic E-state index is 10.5. The summed E-state index contributed by atoms with van der Waals surface area (Å²) < 4.78 is 0. The van der Waals surface area contributed by atoms with Gasteiger partial charge in [0, 0.05) is 11.1 Å². The van der Waals surface area contributed by atoms with Gasteiger partial charge in [0.1, 0.15) is 0 Å². The minimum Gasteiger partial charge on any atom is -0.285 e. The van der Waals surface area contributed by atoms with Gasteiger partial charge >= 0.3 is 0 Å². The molecule has 0 unspecified atom stereocenters. The predicted molar refractivity (Wildman–Crippen MR) is 54.7 cm³/mol. The normalized spacial score (nSPS) is 11.1. The molecule has 1 rings (SSSR count). The third-order valence-electron chi connectivity index (χ3n) is 2.03. The van der Waals surface area contributed by atoms with Crippen molar-refractivity contribution in [3.63, 3.8) is 0 Å². The molecule has 2 heteroatoms. The first-order chi connectivity index (χ1) is 6.47. The minimum absolute atomic E-state index is 0.0849. The first kappa shape index (κ1) is 10.6. The van der Waals surface area contributed by atoms with E-state index in [1.165, 1.54) is 6.07 Å². The number of rotatable bonds is 2. The summed E-state index contributed by atoms with van der Waals surface area (Å²) in [4.78, 5) is 21.0. The fourth-order valence-corrected chi connectivity index (χ4v) is 1.18. The van der Waals surface area contributed by atoms with Crippen molar-refractivity contribution in [3.05, 3.63) is 34.9 Å². The second kappa shape index (κ2) is 3.74. The van der Waals surface area contributed by atoms with E-state index in [0.29, 0.717) is 11.1 Å². The lowest BCUT2D eigenvalue weighted by Gasteiger charge is -2.19. The summed E-state index contributed by atoms with van der Waals surface area (Å²) in [6.45, 7) is 6.06. The van der Waals surface area contributed by atoms with E-state index in [9.17, 15) is 9.59 Å². The van der Waals surface area contributed by atoms with Gasteiger partial charge in [-0.25, -0.2) is 0 Å². The molecule has 0 aliphatic carbocycles. The third-order valence-corrected chi connectivity index (χ3v) is 2.03. The smallest absolute Gasteiger partial charge is 0.233 e. The van der Waals surface area contributed by atoms with Gasteiger partial charge < -0.3 is 0 Å². The topological polar surface area (TPSA) is 34.1 Å². The predicted octanol–water partition coefficient (Wildman–Crippen LogP) is 1.90. The van der Waals surface area contributed by atoms with Gasteiger partial charge in [0.2, 0.25) is 12.6 Å². The molecular weight excluding hydrogens is 176 g/mol. The quantitative estimate of drug-likeness (QED) is 0.710.